The molecule has 1 atom stereocenters. The standard InChI is InChI=1S/C15H25NO/c1-5-6-16-10-14(17)9-15-12(3)7-11(2)8-13(15)4/h7-8,14,16-17H,5-6,9-10H2,1-4H3. The van der Waals surface area contributed by atoms with Crippen LogP contribution in [0.1, 0.15) is 35.6 Å². The first-order valence-electron chi connectivity index (χ1n) is 6.50. The van der Waals surface area contributed by atoms with E-state index in [-0.39, 0.29) is 6.10 Å². The van der Waals surface area contributed by atoms with Gasteiger partial charge >= 0.3 is 0 Å². The molecule has 0 saturated heterocycles. The van der Waals surface area contributed by atoms with Crippen LogP contribution in [0.25, 0.3) is 0 Å². The zero-order chi connectivity index (χ0) is 12.8. The molecule has 2 N–H and O–H groups in total. The molecular formula is C15H25NO. The number of benzene rings is 1. The number of rotatable bonds is 6. The highest BCUT2D eigenvalue weighted by Crippen LogP contribution is 2.17. The Bertz CT molecular complexity index is 337. The van der Waals surface area contributed by atoms with Gasteiger partial charge in [0.1, 0.15) is 0 Å². The normalized spacial score (nSPS) is 12.8. The monoisotopic (exact) mass is 235 g/mol. The Morgan fingerprint density at radius 1 is 1.18 bits per heavy atom. The van der Waals surface area contributed by atoms with Gasteiger partial charge in [0.15, 0.2) is 0 Å². The summed E-state index contributed by atoms with van der Waals surface area (Å²) in [5.74, 6) is 0. The van der Waals surface area contributed by atoms with E-state index in [0.717, 1.165) is 19.4 Å². The van der Waals surface area contributed by atoms with Crippen LogP contribution in [0.4, 0.5) is 0 Å². The lowest BCUT2D eigenvalue weighted by molar-refractivity contribution is 0.172. The lowest BCUT2D eigenvalue weighted by Gasteiger charge is -2.16. The fourth-order valence-corrected chi connectivity index (χ4v) is 2.29. The van der Waals surface area contributed by atoms with Gasteiger partial charge in [-0.1, -0.05) is 24.6 Å². The van der Waals surface area contributed by atoms with Gasteiger partial charge in [-0.2, -0.15) is 0 Å². The van der Waals surface area contributed by atoms with Crippen LogP contribution < -0.4 is 5.32 Å². The van der Waals surface area contributed by atoms with Crippen molar-refractivity contribution in [3.63, 3.8) is 0 Å². The molecule has 0 radical (unpaired) electrons. The summed E-state index contributed by atoms with van der Waals surface area (Å²) >= 11 is 0. The van der Waals surface area contributed by atoms with Crippen molar-refractivity contribution in [2.45, 2.75) is 46.6 Å². The summed E-state index contributed by atoms with van der Waals surface area (Å²) in [6, 6.07) is 4.38. The summed E-state index contributed by atoms with van der Waals surface area (Å²) in [6.45, 7) is 10.2. The molecule has 0 fully saturated rings. The van der Waals surface area contributed by atoms with Gasteiger partial charge in [0.25, 0.3) is 0 Å². The lowest BCUT2D eigenvalue weighted by atomic mass is 9.95. The second-order valence-electron chi connectivity index (χ2n) is 4.94. The number of hydrogen-bond acceptors (Lipinski definition) is 2. The molecule has 2 nitrogen and oxygen atoms in total. The van der Waals surface area contributed by atoms with Crippen molar-refractivity contribution in [3.05, 3.63) is 34.4 Å². The zero-order valence-corrected chi connectivity index (χ0v) is 11.5. The third-order valence-electron chi connectivity index (χ3n) is 3.09. The van der Waals surface area contributed by atoms with Crippen molar-refractivity contribution < 1.29 is 5.11 Å². The molecule has 0 saturated carbocycles. The van der Waals surface area contributed by atoms with E-state index in [1.54, 1.807) is 0 Å². The average molecular weight is 235 g/mol. The summed E-state index contributed by atoms with van der Waals surface area (Å²) in [5.41, 5.74) is 5.16. The van der Waals surface area contributed by atoms with Crippen LogP contribution in [-0.4, -0.2) is 24.3 Å². The fraction of sp³-hybridized carbons (Fsp3) is 0.600. The molecule has 0 amide bonds. The van der Waals surface area contributed by atoms with Crippen LogP contribution in [0.2, 0.25) is 0 Å². The molecule has 0 spiro atoms. The third kappa shape index (κ3) is 4.49. The van der Waals surface area contributed by atoms with E-state index >= 15 is 0 Å². The van der Waals surface area contributed by atoms with Crippen LogP contribution in [-0.2, 0) is 6.42 Å². The van der Waals surface area contributed by atoms with Gasteiger partial charge in [-0.05, 0) is 50.4 Å². The largest absolute Gasteiger partial charge is 0.391 e. The van der Waals surface area contributed by atoms with Crippen molar-refractivity contribution in [2.24, 2.45) is 0 Å². The molecule has 1 unspecified atom stereocenters. The maximum absolute atomic E-state index is 9.98. The Balaban J connectivity index is 2.61. The van der Waals surface area contributed by atoms with Crippen LogP contribution >= 0.6 is 0 Å². The van der Waals surface area contributed by atoms with Gasteiger partial charge in [-0.25, -0.2) is 0 Å². The van der Waals surface area contributed by atoms with Gasteiger partial charge < -0.3 is 10.4 Å². The molecule has 0 heterocycles. The van der Waals surface area contributed by atoms with Crippen molar-refractivity contribution in [1.29, 1.82) is 0 Å². The predicted octanol–water partition coefficient (Wildman–Crippen LogP) is 2.51. The van der Waals surface area contributed by atoms with E-state index in [0.29, 0.717) is 6.54 Å². The van der Waals surface area contributed by atoms with Crippen LogP contribution in [0.15, 0.2) is 12.1 Å². The smallest absolute Gasteiger partial charge is 0.0705 e. The Labute approximate surface area is 105 Å². The molecule has 0 aliphatic rings. The summed E-state index contributed by atoms with van der Waals surface area (Å²) in [7, 11) is 0. The molecule has 17 heavy (non-hydrogen) atoms. The van der Waals surface area contributed by atoms with E-state index in [4.69, 9.17) is 0 Å². The average Bonchev–Trinajstić information content (AvgIpc) is 2.24. The van der Waals surface area contributed by atoms with Gasteiger partial charge in [0, 0.05) is 13.0 Å². The van der Waals surface area contributed by atoms with Crippen molar-refractivity contribution >= 4 is 0 Å². The molecule has 1 rings (SSSR count). The number of aliphatic hydroxyl groups is 1. The minimum Gasteiger partial charge on any atom is -0.391 e. The maximum atomic E-state index is 9.98. The van der Waals surface area contributed by atoms with E-state index in [1.165, 1.54) is 22.3 Å². The van der Waals surface area contributed by atoms with Gasteiger partial charge in [0.05, 0.1) is 6.10 Å². The van der Waals surface area contributed by atoms with Gasteiger partial charge in [-0.3, -0.25) is 0 Å². The van der Waals surface area contributed by atoms with E-state index < -0.39 is 0 Å². The number of aryl methyl sites for hydroxylation is 3. The molecule has 2 heteroatoms. The quantitative estimate of drug-likeness (QED) is 0.743. The van der Waals surface area contributed by atoms with Gasteiger partial charge in [-0.15, -0.1) is 0 Å². The van der Waals surface area contributed by atoms with E-state index in [2.05, 4.69) is 45.1 Å². The Hall–Kier alpha value is -0.860. The third-order valence-corrected chi connectivity index (χ3v) is 3.09. The molecule has 1 aromatic carbocycles. The molecule has 96 valence electrons. The second kappa shape index (κ2) is 6.77. The molecule has 1 aromatic rings. The lowest BCUT2D eigenvalue weighted by Crippen LogP contribution is -2.29. The van der Waals surface area contributed by atoms with Gasteiger partial charge in [0.2, 0.25) is 0 Å². The topological polar surface area (TPSA) is 32.3 Å². The molecular weight excluding hydrogens is 210 g/mol. The summed E-state index contributed by atoms with van der Waals surface area (Å²) in [4.78, 5) is 0. The molecule has 0 aromatic heterocycles. The predicted molar refractivity (Wildman–Crippen MR) is 73.5 cm³/mol. The first-order chi connectivity index (χ1) is 8.04. The van der Waals surface area contributed by atoms with Crippen LogP contribution in [0.5, 0.6) is 0 Å². The summed E-state index contributed by atoms with van der Waals surface area (Å²) in [5, 5.41) is 13.2. The first kappa shape index (κ1) is 14.2. The minimum atomic E-state index is -0.290. The van der Waals surface area contributed by atoms with E-state index in [1.807, 2.05) is 0 Å². The summed E-state index contributed by atoms with van der Waals surface area (Å²) in [6.07, 6.45) is 1.56. The van der Waals surface area contributed by atoms with E-state index in [9.17, 15) is 5.11 Å². The Morgan fingerprint density at radius 2 is 1.76 bits per heavy atom. The van der Waals surface area contributed by atoms with Crippen LogP contribution in [0, 0.1) is 20.8 Å². The second-order valence-corrected chi connectivity index (χ2v) is 4.94. The SMILES string of the molecule is CCCNCC(O)Cc1c(C)cc(C)cc1C. The first-order valence-corrected chi connectivity index (χ1v) is 6.50. The number of aliphatic hydroxyl groups excluding tert-OH is 1. The van der Waals surface area contributed by atoms with Crippen LogP contribution in [0.3, 0.4) is 0 Å². The number of nitrogens with one attached hydrogen (secondary N) is 1. The minimum absolute atomic E-state index is 0.290. The highest BCUT2D eigenvalue weighted by atomic mass is 16.3. The fourth-order valence-electron chi connectivity index (χ4n) is 2.29. The van der Waals surface area contributed by atoms with Crippen molar-refractivity contribution in [3.8, 4) is 0 Å². The highest BCUT2D eigenvalue weighted by molar-refractivity contribution is 5.37. The highest BCUT2D eigenvalue weighted by Gasteiger charge is 2.10. The van der Waals surface area contributed by atoms with Crippen molar-refractivity contribution in [2.75, 3.05) is 13.1 Å². The number of hydrogen-bond donors (Lipinski definition) is 2. The molecule has 0 aliphatic heterocycles. The molecule has 0 aliphatic carbocycles. The molecule has 0 bridgehead atoms. The van der Waals surface area contributed by atoms with Crippen molar-refractivity contribution in [1.82, 2.24) is 5.32 Å². The Morgan fingerprint density at radius 3 is 2.29 bits per heavy atom. The summed E-state index contributed by atoms with van der Waals surface area (Å²) < 4.78 is 0. The zero-order valence-electron chi connectivity index (χ0n) is 11.5. The Kier molecular flexibility index (Phi) is 5.66. The maximum Gasteiger partial charge on any atom is 0.0705 e.